The zero-order chi connectivity index (χ0) is 11.5. The lowest BCUT2D eigenvalue weighted by molar-refractivity contribution is 0.597. The molecule has 0 amide bonds. The van der Waals surface area contributed by atoms with Gasteiger partial charge in [-0.25, -0.2) is 8.42 Å². The molecule has 0 radical (unpaired) electrons. The van der Waals surface area contributed by atoms with Crippen LogP contribution in [-0.2, 0) is 9.84 Å². The van der Waals surface area contributed by atoms with E-state index in [-0.39, 0.29) is 5.75 Å². The summed E-state index contributed by atoms with van der Waals surface area (Å²) in [6.07, 6.45) is 1.82. The van der Waals surface area contributed by atoms with Crippen molar-refractivity contribution >= 4 is 26.6 Å². The van der Waals surface area contributed by atoms with E-state index in [1.807, 2.05) is 6.26 Å². The van der Waals surface area contributed by atoms with Crippen LogP contribution in [0, 0.1) is 5.41 Å². The van der Waals surface area contributed by atoms with Crippen molar-refractivity contribution < 1.29 is 8.42 Å². The average molecular weight is 243 g/mol. The zero-order valence-corrected chi connectivity index (χ0v) is 10.3. The van der Waals surface area contributed by atoms with Crippen LogP contribution in [0.3, 0.4) is 0 Å². The minimum Gasteiger partial charge on any atom is -0.293 e. The summed E-state index contributed by atoms with van der Waals surface area (Å²) in [6, 6.07) is 6.45. The molecule has 0 saturated heterocycles. The number of hydrogen-bond donors (Lipinski definition) is 1. The van der Waals surface area contributed by atoms with Crippen LogP contribution in [0.5, 0.6) is 0 Å². The largest absolute Gasteiger partial charge is 0.293 e. The Balaban J connectivity index is 3.06. The van der Waals surface area contributed by atoms with E-state index in [0.29, 0.717) is 9.94 Å². The first-order valence-electron chi connectivity index (χ1n) is 4.47. The van der Waals surface area contributed by atoms with E-state index in [9.17, 15) is 8.42 Å². The third-order valence-corrected chi connectivity index (χ3v) is 4.45. The van der Waals surface area contributed by atoms with Crippen LogP contribution < -0.4 is 0 Å². The van der Waals surface area contributed by atoms with Crippen LogP contribution in [0.1, 0.15) is 12.5 Å². The van der Waals surface area contributed by atoms with Gasteiger partial charge in [0.15, 0.2) is 9.84 Å². The molecule has 1 rings (SSSR count). The van der Waals surface area contributed by atoms with Crippen LogP contribution >= 0.6 is 11.8 Å². The third-order valence-electron chi connectivity index (χ3n) is 2.06. The van der Waals surface area contributed by atoms with Crippen molar-refractivity contribution in [3.63, 3.8) is 0 Å². The van der Waals surface area contributed by atoms with Gasteiger partial charge in [0.2, 0.25) is 0 Å². The van der Waals surface area contributed by atoms with E-state index in [4.69, 9.17) is 5.41 Å². The predicted octanol–water partition coefficient (Wildman–Crippen LogP) is 2.17. The van der Waals surface area contributed by atoms with E-state index < -0.39 is 9.84 Å². The van der Waals surface area contributed by atoms with Gasteiger partial charge in [0.05, 0.1) is 15.7 Å². The van der Waals surface area contributed by atoms with Crippen molar-refractivity contribution in [1.29, 1.82) is 5.41 Å². The fourth-order valence-electron chi connectivity index (χ4n) is 1.10. The number of nitrogens with one attached hydrogen (secondary N) is 1. The molecule has 15 heavy (non-hydrogen) atoms. The molecule has 0 atom stereocenters. The van der Waals surface area contributed by atoms with E-state index in [2.05, 4.69) is 0 Å². The quantitative estimate of drug-likeness (QED) is 0.654. The highest BCUT2D eigenvalue weighted by molar-refractivity contribution is 8.13. The van der Waals surface area contributed by atoms with E-state index in [0.717, 1.165) is 5.56 Å². The summed E-state index contributed by atoms with van der Waals surface area (Å²) in [4.78, 5) is 0.322. The van der Waals surface area contributed by atoms with Crippen LogP contribution in [0.2, 0.25) is 0 Å². The molecule has 0 fully saturated rings. The van der Waals surface area contributed by atoms with Gasteiger partial charge in [0.1, 0.15) is 0 Å². The molecule has 1 aromatic carbocycles. The van der Waals surface area contributed by atoms with Crippen molar-refractivity contribution in [3.05, 3.63) is 29.8 Å². The highest BCUT2D eigenvalue weighted by Crippen LogP contribution is 2.15. The monoisotopic (exact) mass is 243 g/mol. The van der Waals surface area contributed by atoms with Gasteiger partial charge in [-0.05, 0) is 18.4 Å². The van der Waals surface area contributed by atoms with Gasteiger partial charge in [-0.1, -0.05) is 19.1 Å². The summed E-state index contributed by atoms with van der Waals surface area (Å²) >= 11 is 1.33. The van der Waals surface area contributed by atoms with Crippen LogP contribution in [0.15, 0.2) is 29.2 Å². The molecule has 0 spiro atoms. The third kappa shape index (κ3) is 2.82. The van der Waals surface area contributed by atoms with E-state index in [1.54, 1.807) is 31.2 Å². The molecule has 0 aromatic heterocycles. The summed E-state index contributed by atoms with van der Waals surface area (Å²) in [5.74, 6) is 0.103. The minimum atomic E-state index is -3.12. The highest BCUT2D eigenvalue weighted by Gasteiger charge is 2.11. The smallest absolute Gasteiger partial charge is 0.178 e. The van der Waals surface area contributed by atoms with Gasteiger partial charge >= 0.3 is 0 Å². The zero-order valence-electron chi connectivity index (χ0n) is 8.65. The second kappa shape index (κ2) is 4.81. The second-order valence-corrected chi connectivity index (χ2v) is 6.06. The Morgan fingerprint density at radius 2 is 1.87 bits per heavy atom. The fraction of sp³-hybridized carbons (Fsp3) is 0.300. The number of rotatable bonds is 3. The molecule has 0 heterocycles. The maximum absolute atomic E-state index is 11.5. The lowest BCUT2D eigenvalue weighted by Gasteiger charge is -2.03. The molecular formula is C10H13NO2S2. The molecule has 0 saturated carbocycles. The lowest BCUT2D eigenvalue weighted by Crippen LogP contribution is -2.04. The molecule has 5 heteroatoms. The molecule has 1 aromatic rings. The average Bonchev–Trinajstić information content (AvgIpc) is 2.28. The SMILES string of the molecule is CCS(=O)(=O)c1ccc(C(=N)SC)cc1. The first-order chi connectivity index (χ1) is 7.01. The topological polar surface area (TPSA) is 58.0 Å². The normalized spacial score (nSPS) is 11.3. The maximum Gasteiger partial charge on any atom is 0.178 e. The van der Waals surface area contributed by atoms with Gasteiger partial charge < -0.3 is 0 Å². The Kier molecular flexibility index (Phi) is 3.93. The van der Waals surface area contributed by atoms with Crippen molar-refractivity contribution in [2.24, 2.45) is 0 Å². The maximum atomic E-state index is 11.5. The molecule has 0 aliphatic carbocycles. The number of benzene rings is 1. The molecule has 0 aliphatic heterocycles. The summed E-state index contributed by atoms with van der Waals surface area (Å²) < 4.78 is 23.0. The molecule has 0 unspecified atom stereocenters. The molecule has 0 bridgehead atoms. The number of thioether (sulfide) groups is 1. The fourth-order valence-corrected chi connectivity index (χ4v) is 2.35. The molecule has 0 aliphatic rings. The molecule has 1 N–H and O–H groups in total. The van der Waals surface area contributed by atoms with Crippen LogP contribution in [0.25, 0.3) is 0 Å². The molecular weight excluding hydrogens is 230 g/mol. The van der Waals surface area contributed by atoms with Crippen molar-refractivity contribution in [1.82, 2.24) is 0 Å². The van der Waals surface area contributed by atoms with Gasteiger partial charge in [-0.15, -0.1) is 11.8 Å². The van der Waals surface area contributed by atoms with Crippen LogP contribution in [-0.4, -0.2) is 25.5 Å². The van der Waals surface area contributed by atoms with Gasteiger partial charge in [0.25, 0.3) is 0 Å². The van der Waals surface area contributed by atoms with Crippen LogP contribution in [0.4, 0.5) is 0 Å². The first kappa shape index (κ1) is 12.3. The second-order valence-electron chi connectivity index (χ2n) is 2.96. The minimum absolute atomic E-state index is 0.103. The summed E-state index contributed by atoms with van der Waals surface area (Å²) in [7, 11) is -3.12. The summed E-state index contributed by atoms with van der Waals surface area (Å²) in [5.41, 5.74) is 0.748. The van der Waals surface area contributed by atoms with Gasteiger partial charge in [-0.3, -0.25) is 5.41 Å². The van der Waals surface area contributed by atoms with Crippen molar-refractivity contribution in [3.8, 4) is 0 Å². The first-order valence-corrected chi connectivity index (χ1v) is 7.34. The Bertz CT molecular complexity index is 449. The Hall–Kier alpha value is -0.810. The van der Waals surface area contributed by atoms with Gasteiger partial charge in [0, 0.05) is 5.56 Å². The van der Waals surface area contributed by atoms with E-state index in [1.165, 1.54) is 11.8 Å². The number of sulfone groups is 1. The lowest BCUT2D eigenvalue weighted by atomic mass is 10.2. The Morgan fingerprint density at radius 3 is 2.27 bits per heavy atom. The highest BCUT2D eigenvalue weighted by atomic mass is 32.2. The molecule has 82 valence electrons. The van der Waals surface area contributed by atoms with Crippen molar-refractivity contribution in [2.45, 2.75) is 11.8 Å². The Morgan fingerprint density at radius 1 is 1.33 bits per heavy atom. The molecule has 3 nitrogen and oxygen atoms in total. The summed E-state index contributed by atoms with van der Waals surface area (Å²) in [5, 5.41) is 8.00. The number of hydrogen-bond acceptors (Lipinski definition) is 4. The standard InChI is InChI=1S/C10H13NO2S2/c1-3-15(12,13)9-6-4-8(5-7-9)10(11)14-2/h4-7,11H,3H2,1-2H3. The van der Waals surface area contributed by atoms with Gasteiger partial charge in [-0.2, -0.15) is 0 Å². The summed E-state index contributed by atoms with van der Waals surface area (Å²) in [6.45, 7) is 1.62. The van der Waals surface area contributed by atoms with E-state index >= 15 is 0 Å². The Labute approximate surface area is 94.3 Å². The van der Waals surface area contributed by atoms with Crippen molar-refractivity contribution in [2.75, 3.05) is 12.0 Å². The predicted molar refractivity (Wildman–Crippen MR) is 64.5 cm³/mol.